The molecular weight excluding hydrogens is 304 g/mol. The number of carbonyl (C=O) groups excluding carboxylic acids is 1. The average Bonchev–Trinajstić information content (AvgIpc) is 3.10. The molecule has 0 saturated heterocycles. The lowest BCUT2D eigenvalue weighted by molar-refractivity contribution is 0.0939. The number of fused-ring (bicyclic) bond motifs is 1. The van der Waals surface area contributed by atoms with Crippen LogP contribution in [0.2, 0.25) is 0 Å². The number of benzene rings is 1. The van der Waals surface area contributed by atoms with Crippen molar-refractivity contribution < 1.29 is 9.53 Å². The van der Waals surface area contributed by atoms with Crippen LogP contribution in [0, 0.1) is 5.41 Å². The fourth-order valence-corrected chi connectivity index (χ4v) is 2.88. The smallest absolute Gasteiger partial charge is 0.256 e. The van der Waals surface area contributed by atoms with Gasteiger partial charge in [0.2, 0.25) is 0 Å². The Balaban J connectivity index is 1.37. The fraction of sp³-hybridized carbons (Fsp3) is 0.333. The molecule has 1 fully saturated rings. The monoisotopic (exact) mass is 324 g/mol. The second-order valence-electron chi connectivity index (χ2n) is 6.52. The number of hydrogen-bond acceptors (Lipinski definition) is 3. The van der Waals surface area contributed by atoms with Crippen molar-refractivity contribution in [2.45, 2.75) is 12.8 Å². The second kappa shape index (κ2) is 5.70. The Kier molecular flexibility index (Phi) is 3.52. The molecule has 1 amide bonds. The van der Waals surface area contributed by atoms with Gasteiger partial charge in [-0.05, 0) is 25.0 Å². The maximum Gasteiger partial charge on any atom is 0.256 e. The van der Waals surface area contributed by atoms with E-state index in [0.717, 1.165) is 24.2 Å². The van der Waals surface area contributed by atoms with Crippen molar-refractivity contribution in [1.29, 1.82) is 0 Å². The van der Waals surface area contributed by atoms with Crippen molar-refractivity contribution in [2.24, 2.45) is 12.5 Å². The van der Waals surface area contributed by atoms with E-state index < -0.39 is 0 Å². The van der Waals surface area contributed by atoms with Crippen LogP contribution in [0.1, 0.15) is 23.2 Å². The summed E-state index contributed by atoms with van der Waals surface area (Å²) in [6, 6.07) is 9.79. The number of amides is 1. The maximum absolute atomic E-state index is 12.5. The minimum absolute atomic E-state index is 0.0615. The molecule has 2 heterocycles. The van der Waals surface area contributed by atoms with Gasteiger partial charge in [0.05, 0.1) is 12.8 Å². The van der Waals surface area contributed by atoms with Gasteiger partial charge in [0.1, 0.15) is 17.0 Å². The molecule has 24 heavy (non-hydrogen) atoms. The topological polar surface area (TPSA) is 60.6 Å². The van der Waals surface area contributed by atoms with Crippen LogP contribution in [0.5, 0.6) is 5.75 Å². The summed E-state index contributed by atoms with van der Waals surface area (Å²) in [4.78, 5) is 12.5. The van der Waals surface area contributed by atoms with Crippen LogP contribution >= 0.6 is 0 Å². The highest BCUT2D eigenvalue weighted by Gasteiger charge is 2.43. The number of carbonyl (C=O) groups is 1. The van der Waals surface area contributed by atoms with E-state index in [4.69, 9.17) is 4.74 Å². The number of nitrogens with zero attached hydrogens (tertiary/aromatic N) is 3. The summed E-state index contributed by atoms with van der Waals surface area (Å²) in [5.41, 5.74) is 1.46. The zero-order chi connectivity index (χ0) is 16.6. The van der Waals surface area contributed by atoms with Gasteiger partial charge >= 0.3 is 0 Å². The van der Waals surface area contributed by atoms with Gasteiger partial charge in [0.25, 0.3) is 5.91 Å². The molecule has 1 saturated carbocycles. The Hall–Kier alpha value is -2.76. The lowest BCUT2D eigenvalue weighted by Gasteiger charge is -2.17. The van der Waals surface area contributed by atoms with E-state index >= 15 is 0 Å². The molecule has 0 bridgehead atoms. The zero-order valence-electron chi connectivity index (χ0n) is 13.6. The second-order valence-corrected chi connectivity index (χ2v) is 6.52. The summed E-state index contributed by atoms with van der Waals surface area (Å²) in [5, 5.41) is 7.25. The Bertz CT molecular complexity index is 862. The number of imidazole rings is 1. The summed E-state index contributed by atoms with van der Waals surface area (Å²) in [6.07, 6.45) is 7.49. The summed E-state index contributed by atoms with van der Waals surface area (Å²) in [7, 11) is 1.91. The van der Waals surface area contributed by atoms with Gasteiger partial charge in [-0.2, -0.15) is 5.10 Å². The van der Waals surface area contributed by atoms with Crippen LogP contribution in [0.25, 0.3) is 5.65 Å². The van der Waals surface area contributed by atoms with Gasteiger partial charge in [0.15, 0.2) is 0 Å². The quantitative estimate of drug-likeness (QED) is 0.756. The van der Waals surface area contributed by atoms with E-state index in [0.29, 0.717) is 18.7 Å². The van der Waals surface area contributed by atoms with E-state index in [-0.39, 0.29) is 11.3 Å². The van der Waals surface area contributed by atoms with E-state index in [1.165, 1.54) is 0 Å². The first-order valence-corrected chi connectivity index (χ1v) is 8.12. The van der Waals surface area contributed by atoms with Crippen molar-refractivity contribution in [2.75, 3.05) is 13.2 Å². The van der Waals surface area contributed by atoms with Gasteiger partial charge in [-0.25, -0.2) is 4.52 Å². The molecule has 0 aliphatic heterocycles. The molecule has 2 aromatic heterocycles. The third-order valence-electron chi connectivity index (χ3n) is 4.65. The number of rotatable bonds is 6. The van der Waals surface area contributed by atoms with E-state index in [9.17, 15) is 4.79 Å². The Morgan fingerprint density at radius 3 is 2.83 bits per heavy atom. The van der Waals surface area contributed by atoms with Crippen molar-refractivity contribution in [3.8, 4) is 5.75 Å². The van der Waals surface area contributed by atoms with Gasteiger partial charge in [-0.3, -0.25) is 4.79 Å². The minimum atomic E-state index is -0.0854. The summed E-state index contributed by atoms with van der Waals surface area (Å²) in [5.74, 6) is 0.787. The molecule has 124 valence electrons. The van der Waals surface area contributed by atoms with Crippen molar-refractivity contribution in [3.63, 3.8) is 0 Å². The van der Waals surface area contributed by atoms with Gasteiger partial charge in [-0.15, -0.1) is 0 Å². The molecule has 1 N–H and O–H groups in total. The first-order valence-electron chi connectivity index (χ1n) is 8.12. The number of para-hydroxylation sites is 1. The highest BCUT2D eigenvalue weighted by molar-refractivity contribution is 5.99. The van der Waals surface area contributed by atoms with Crippen molar-refractivity contribution >= 4 is 11.6 Å². The summed E-state index contributed by atoms with van der Waals surface area (Å²) < 4.78 is 9.47. The molecule has 0 atom stereocenters. The number of hydrogen-bond donors (Lipinski definition) is 1. The zero-order valence-corrected chi connectivity index (χ0v) is 13.6. The van der Waals surface area contributed by atoms with E-state index in [1.54, 1.807) is 10.7 Å². The average molecular weight is 324 g/mol. The molecular formula is C18H20N4O2. The van der Waals surface area contributed by atoms with Gasteiger partial charge in [-0.1, -0.05) is 18.2 Å². The first-order chi connectivity index (χ1) is 11.7. The number of aryl methyl sites for hydroxylation is 1. The summed E-state index contributed by atoms with van der Waals surface area (Å²) in [6.45, 7) is 1.26. The first kappa shape index (κ1) is 14.8. The van der Waals surface area contributed by atoms with Crippen LogP contribution in [0.3, 0.4) is 0 Å². The van der Waals surface area contributed by atoms with Gasteiger partial charge < -0.3 is 14.6 Å². The van der Waals surface area contributed by atoms with Crippen LogP contribution in [-0.2, 0) is 7.05 Å². The Morgan fingerprint density at radius 1 is 1.29 bits per heavy atom. The summed E-state index contributed by atoms with van der Waals surface area (Å²) >= 11 is 0. The molecule has 0 radical (unpaired) electrons. The molecule has 3 aromatic rings. The number of ether oxygens (including phenoxy) is 1. The molecule has 4 rings (SSSR count). The Labute approximate surface area is 140 Å². The van der Waals surface area contributed by atoms with Crippen LogP contribution < -0.4 is 10.1 Å². The largest absolute Gasteiger partial charge is 0.493 e. The third-order valence-corrected chi connectivity index (χ3v) is 4.65. The predicted molar refractivity (Wildman–Crippen MR) is 90.1 cm³/mol. The molecule has 1 aliphatic rings. The van der Waals surface area contributed by atoms with E-state index in [1.807, 2.05) is 54.3 Å². The molecule has 0 unspecified atom stereocenters. The molecule has 1 aromatic carbocycles. The van der Waals surface area contributed by atoms with Crippen LogP contribution in [-0.4, -0.2) is 33.2 Å². The fourth-order valence-electron chi connectivity index (χ4n) is 2.88. The van der Waals surface area contributed by atoms with Crippen LogP contribution in [0.15, 0.2) is 48.9 Å². The highest BCUT2D eigenvalue weighted by Crippen LogP contribution is 2.45. The lowest BCUT2D eigenvalue weighted by Crippen LogP contribution is -2.33. The van der Waals surface area contributed by atoms with E-state index in [2.05, 4.69) is 10.4 Å². The third kappa shape index (κ3) is 2.75. The molecule has 6 nitrogen and oxygen atoms in total. The number of aromatic nitrogens is 3. The maximum atomic E-state index is 12.5. The SMILES string of the molecule is Cn1ccn2ncc(C(=O)NCC3(COc4ccccc4)CC3)c12. The highest BCUT2D eigenvalue weighted by atomic mass is 16.5. The normalized spacial score (nSPS) is 15.4. The van der Waals surface area contributed by atoms with Crippen molar-refractivity contribution in [3.05, 3.63) is 54.5 Å². The lowest BCUT2D eigenvalue weighted by atomic mass is 10.1. The minimum Gasteiger partial charge on any atom is -0.493 e. The molecule has 0 spiro atoms. The number of nitrogens with one attached hydrogen (secondary N) is 1. The predicted octanol–water partition coefficient (Wildman–Crippen LogP) is 2.26. The van der Waals surface area contributed by atoms with Gasteiger partial charge in [0, 0.05) is 31.4 Å². The molecule has 6 heteroatoms. The van der Waals surface area contributed by atoms with Crippen LogP contribution in [0.4, 0.5) is 0 Å². The van der Waals surface area contributed by atoms with Crippen molar-refractivity contribution in [1.82, 2.24) is 19.5 Å². The standard InChI is InChI=1S/C18H20N4O2/c1-21-9-10-22-17(21)15(11-20-22)16(23)19-12-18(7-8-18)13-24-14-5-3-2-4-6-14/h2-6,9-11H,7-8,12-13H2,1H3,(H,19,23). The Morgan fingerprint density at radius 2 is 2.08 bits per heavy atom. The molecule has 1 aliphatic carbocycles.